The molecule has 3 heteroatoms. The Bertz CT molecular complexity index is 436. The number of fused-ring (bicyclic) bond motifs is 1. The molecule has 2 aliphatic rings. The van der Waals surface area contributed by atoms with Gasteiger partial charge in [-0.25, -0.2) is 0 Å². The van der Waals surface area contributed by atoms with Gasteiger partial charge in [0.05, 0.1) is 13.7 Å². The minimum atomic E-state index is 0.331. The first-order valence-electron chi connectivity index (χ1n) is 7.08. The van der Waals surface area contributed by atoms with E-state index in [1.54, 1.807) is 7.11 Å². The van der Waals surface area contributed by atoms with E-state index in [9.17, 15) is 0 Å². The minimum absolute atomic E-state index is 0.331. The van der Waals surface area contributed by atoms with Crippen molar-refractivity contribution >= 4 is 11.6 Å². The van der Waals surface area contributed by atoms with Gasteiger partial charge in [0.1, 0.15) is 0 Å². The molecule has 1 aromatic rings. The monoisotopic (exact) mass is 280 g/mol. The van der Waals surface area contributed by atoms with Crippen LogP contribution in [-0.2, 0) is 0 Å². The molecule has 2 fully saturated rings. The summed E-state index contributed by atoms with van der Waals surface area (Å²) in [6, 6.07) is 7.81. The molecular weight excluding hydrogens is 260 g/mol. The molecule has 0 aliphatic heterocycles. The molecule has 2 saturated carbocycles. The molecule has 0 bridgehead atoms. The first kappa shape index (κ1) is 13.1. The third-order valence-corrected chi connectivity index (χ3v) is 5.27. The van der Waals surface area contributed by atoms with Crippen molar-refractivity contribution in [3.05, 3.63) is 24.3 Å². The van der Waals surface area contributed by atoms with Crippen molar-refractivity contribution < 1.29 is 9.47 Å². The number of hydrogen-bond donors (Lipinski definition) is 0. The summed E-state index contributed by atoms with van der Waals surface area (Å²) in [7, 11) is 1.67. The standard InChI is InChI=1S/C16H21ClO2/c1-18-14-4-2-3-5-15(14)19-7-6-16(11-17)9-12-8-13(12)10-16/h2-5,12-13H,6-11H2,1H3. The SMILES string of the molecule is COc1ccccc1OCCC1(CCl)CC2CC2C1. The summed E-state index contributed by atoms with van der Waals surface area (Å²) in [4.78, 5) is 0. The second-order valence-electron chi connectivity index (χ2n) is 6.05. The van der Waals surface area contributed by atoms with Crippen molar-refractivity contribution in [3.63, 3.8) is 0 Å². The van der Waals surface area contributed by atoms with Crippen LogP contribution in [0.15, 0.2) is 24.3 Å². The van der Waals surface area contributed by atoms with E-state index in [-0.39, 0.29) is 0 Å². The summed E-state index contributed by atoms with van der Waals surface area (Å²) in [5.41, 5.74) is 0.331. The molecule has 2 atom stereocenters. The fourth-order valence-corrected chi connectivity index (χ4v) is 3.85. The van der Waals surface area contributed by atoms with Gasteiger partial charge in [0.2, 0.25) is 0 Å². The topological polar surface area (TPSA) is 18.5 Å². The first-order valence-corrected chi connectivity index (χ1v) is 7.61. The minimum Gasteiger partial charge on any atom is -0.493 e. The van der Waals surface area contributed by atoms with Crippen molar-refractivity contribution in [2.75, 3.05) is 19.6 Å². The molecule has 2 aliphatic carbocycles. The molecule has 0 radical (unpaired) electrons. The predicted octanol–water partition coefficient (Wildman–Crippen LogP) is 4.12. The molecule has 0 aromatic heterocycles. The van der Waals surface area contributed by atoms with Crippen LogP contribution in [0, 0.1) is 17.3 Å². The molecule has 2 unspecified atom stereocenters. The van der Waals surface area contributed by atoms with E-state index in [0.717, 1.165) is 42.2 Å². The highest BCUT2D eigenvalue weighted by atomic mass is 35.5. The van der Waals surface area contributed by atoms with Gasteiger partial charge in [-0.05, 0) is 55.1 Å². The molecule has 0 saturated heterocycles. The quantitative estimate of drug-likeness (QED) is 0.730. The number of alkyl halides is 1. The lowest BCUT2D eigenvalue weighted by Crippen LogP contribution is -2.23. The van der Waals surface area contributed by atoms with E-state index < -0.39 is 0 Å². The zero-order chi connectivity index (χ0) is 13.3. The molecule has 19 heavy (non-hydrogen) atoms. The van der Waals surface area contributed by atoms with Crippen LogP contribution < -0.4 is 9.47 Å². The van der Waals surface area contributed by atoms with Gasteiger partial charge in [0, 0.05) is 5.88 Å². The molecular formula is C16H21ClO2. The smallest absolute Gasteiger partial charge is 0.161 e. The Balaban J connectivity index is 1.55. The Morgan fingerprint density at radius 1 is 1.21 bits per heavy atom. The lowest BCUT2D eigenvalue weighted by Gasteiger charge is -2.28. The summed E-state index contributed by atoms with van der Waals surface area (Å²) in [5.74, 6) is 4.33. The van der Waals surface area contributed by atoms with Gasteiger partial charge in [-0.2, -0.15) is 0 Å². The second kappa shape index (κ2) is 5.24. The van der Waals surface area contributed by atoms with E-state index in [2.05, 4.69) is 0 Å². The highest BCUT2D eigenvalue weighted by molar-refractivity contribution is 6.18. The molecule has 2 nitrogen and oxygen atoms in total. The third kappa shape index (κ3) is 2.69. The molecule has 3 rings (SSSR count). The maximum Gasteiger partial charge on any atom is 0.161 e. The van der Waals surface area contributed by atoms with E-state index in [0.29, 0.717) is 5.41 Å². The van der Waals surface area contributed by atoms with Gasteiger partial charge in [-0.1, -0.05) is 12.1 Å². The number of rotatable bonds is 6. The number of ether oxygens (including phenoxy) is 2. The van der Waals surface area contributed by atoms with Crippen molar-refractivity contribution in [2.24, 2.45) is 17.3 Å². The van der Waals surface area contributed by atoms with E-state index >= 15 is 0 Å². The average molecular weight is 281 g/mol. The fraction of sp³-hybridized carbons (Fsp3) is 0.625. The van der Waals surface area contributed by atoms with Crippen LogP contribution in [0.4, 0.5) is 0 Å². The Kier molecular flexibility index (Phi) is 3.62. The van der Waals surface area contributed by atoms with Crippen LogP contribution in [-0.4, -0.2) is 19.6 Å². The number of benzene rings is 1. The van der Waals surface area contributed by atoms with Crippen LogP contribution in [0.3, 0.4) is 0 Å². The lowest BCUT2D eigenvalue weighted by molar-refractivity contribution is 0.200. The maximum absolute atomic E-state index is 6.21. The normalized spacial score (nSPS) is 31.9. The lowest BCUT2D eigenvalue weighted by atomic mass is 9.82. The van der Waals surface area contributed by atoms with E-state index in [1.165, 1.54) is 19.3 Å². The highest BCUT2D eigenvalue weighted by Crippen LogP contribution is 2.61. The summed E-state index contributed by atoms with van der Waals surface area (Å²) >= 11 is 6.21. The molecule has 0 N–H and O–H groups in total. The Morgan fingerprint density at radius 2 is 1.89 bits per heavy atom. The molecule has 0 heterocycles. The van der Waals surface area contributed by atoms with Crippen LogP contribution >= 0.6 is 11.6 Å². The van der Waals surface area contributed by atoms with Crippen LogP contribution in [0.5, 0.6) is 11.5 Å². The second-order valence-corrected chi connectivity index (χ2v) is 6.31. The summed E-state index contributed by atoms with van der Waals surface area (Å²) in [5, 5.41) is 0. The van der Waals surface area contributed by atoms with E-state index in [1.807, 2.05) is 24.3 Å². The number of hydrogen-bond acceptors (Lipinski definition) is 2. The maximum atomic E-state index is 6.21. The van der Waals surface area contributed by atoms with Gasteiger partial charge in [-0.3, -0.25) is 0 Å². The number of para-hydroxylation sites is 2. The first-order chi connectivity index (χ1) is 9.26. The van der Waals surface area contributed by atoms with Crippen molar-refractivity contribution in [1.82, 2.24) is 0 Å². The molecule has 104 valence electrons. The Hall–Kier alpha value is -0.890. The van der Waals surface area contributed by atoms with Crippen molar-refractivity contribution in [2.45, 2.75) is 25.7 Å². The van der Waals surface area contributed by atoms with Gasteiger partial charge >= 0.3 is 0 Å². The van der Waals surface area contributed by atoms with Gasteiger partial charge in [0.15, 0.2) is 11.5 Å². The van der Waals surface area contributed by atoms with Gasteiger partial charge in [-0.15, -0.1) is 11.6 Å². The zero-order valence-electron chi connectivity index (χ0n) is 11.4. The molecule has 1 aromatic carbocycles. The summed E-state index contributed by atoms with van der Waals surface area (Å²) < 4.78 is 11.2. The summed E-state index contributed by atoms with van der Waals surface area (Å²) in [6.45, 7) is 0.729. The molecule has 0 amide bonds. The third-order valence-electron chi connectivity index (χ3n) is 4.70. The van der Waals surface area contributed by atoms with Crippen LogP contribution in [0.1, 0.15) is 25.7 Å². The van der Waals surface area contributed by atoms with Crippen molar-refractivity contribution in [3.8, 4) is 11.5 Å². The highest BCUT2D eigenvalue weighted by Gasteiger charge is 2.52. The number of methoxy groups -OCH3 is 1. The Labute approximate surface area is 120 Å². The largest absolute Gasteiger partial charge is 0.493 e. The Morgan fingerprint density at radius 3 is 2.53 bits per heavy atom. The average Bonchev–Trinajstić information content (AvgIpc) is 3.07. The number of halogens is 1. The van der Waals surface area contributed by atoms with Gasteiger partial charge in [0.25, 0.3) is 0 Å². The fourth-order valence-electron chi connectivity index (χ4n) is 3.50. The van der Waals surface area contributed by atoms with Crippen LogP contribution in [0.2, 0.25) is 0 Å². The van der Waals surface area contributed by atoms with Crippen LogP contribution in [0.25, 0.3) is 0 Å². The molecule has 0 spiro atoms. The summed E-state index contributed by atoms with van der Waals surface area (Å²) in [6.07, 6.45) is 5.10. The van der Waals surface area contributed by atoms with Gasteiger partial charge < -0.3 is 9.47 Å². The zero-order valence-corrected chi connectivity index (χ0v) is 12.2. The van der Waals surface area contributed by atoms with E-state index in [4.69, 9.17) is 21.1 Å². The van der Waals surface area contributed by atoms with Crippen molar-refractivity contribution in [1.29, 1.82) is 0 Å². The predicted molar refractivity (Wildman–Crippen MR) is 77.1 cm³/mol.